The molecule has 0 bridgehead atoms. The molecule has 1 amide bonds. The van der Waals surface area contributed by atoms with Crippen molar-refractivity contribution >= 4 is 21.8 Å². The SMILES string of the molecule is CNCCc1ccccc1C(=O)NCc1ccc(Br)cc1. The van der Waals surface area contributed by atoms with Crippen molar-refractivity contribution in [1.82, 2.24) is 10.6 Å². The average molecular weight is 347 g/mol. The molecule has 0 aliphatic rings. The van der Waals surface area contributed by atoms with E-state index >= 15 is 0 Å². The maximum Gasteiger partial charge on any atom is 0.251 e. The van der Waals surface area contributed by atoms with Crippen LogP contribution in [0.25, 0.3) is 0 Å². The van der Waals surface area contributed by atoms with E-state index in [2.05, 4.69) is 26.6 Å². The molecule has 0 atom stereocenters. The van der Waals surface area contributed by atoms with E-state index in [0.717, 1.165) is 34.1 Å². The van der Waals surface area contributed by atoms with Crippen LogP contribution in [0.1, 0.15) is 21.5 Å². The number of halogens is 1. The molecule has 110 valence electrons. The monoisotopic (exact) mass is 346 g/mol. The lowest BCUT2D eigenvalue weighted by atomic mass is 10.0. The lowest BCUT2D eigenvalue weighted by molar-refractivity contribution is 0.0950. The number of likely N-dealkylation sites (N-methyl/N-ethyl adjacent to an activating group) is 1. The maximum atomic E-state index is 12.3. The van der Waals surface area contributed by atoms with Gasteiger partial charge >= 0.3 is 0 Å². The van der Waals surface area contributed by atoms with Gasteiger partial charge in [0.2, 0.25) is 0 Å². The smallest absolute Gasteiger partial charge is 0.251 e. The molecule has 0 aromatic heterocycles. The molecule has 0 spiro atoms. The van der Waals surface area contributed by atoms with Crippen molar-refractivity contribution in [2.45, 2.75) is 13.0 Å². The highest BCUT2D eigenvalue weighted by Crippen LogP contribution is 2.12. The summed E-state index contributed by atoms with van der Waals surface area (Å²) >= 11 is 3.40. The van der Waals surface area contributed by atoms with E-state index in [0.29, 0.717) is 6.54 Å². The second-order valence-electron chi connectivity index (χ2n) is 4.82. The quantitative estimate of drug-likeness (QED) is 0.843. The zero-order chi connectivity index (χ0) is 15.1. The molecule has 0 aliphatic carbocycles. The first-order valence-electron chi connectivity index (χ1n) is 6.96. The first-order chi connectivity index (χ1) is 10.2. The van der Waals surface area contributed by atoms with Gasteiger partial charge in [0.1, 0.15) is 0 Å². The first-order valence-corrected chi connectivity index (χ1v) is 7.75. The number of carbonyl (C=O) groups is 1. The molecule has 2 N–H and O–H groups in total. The Morgan fingerprint density at radius 3 is 2.52 bits per heavy atom. The summed E-state index contributed by atoms with van der Waals surface area (Å²) < 4.78 is 1.04. The van der Waals surface area contributed by atoms with E-state index in [1.165, 1.54) is 0 Å². The van der Waals surface area contributed by atoms with Gasteiger partial charge in [-0.2, -0.15) is 0 Å². The highest BCUT2D eigenvalue weighted by atomic mass is 79.9. The topological polar surface area (TPSA) is 41.1 Å². The molecule has 4 heteroatoms. The van der Waals surface area contributed by atoms with Gasteiger partial charge in [-0.3, -0.25) is 4.79 Å². The molecule has 2 rings (SSSR count). The number of amides is 1. The zero-order valence-electron chi connectivity index (χ0n) is 12.0. The van der Waals surface area contributed by atoms with E-state index in [-0.39, 0.29) is 5.91 Å². The minimum Gasteiger partial charge on any atom is -0.348 e. The van der Waals surface area contributed by atoms with Crippen LogP contribution in [0.4, 0.5) is 0 Å². The molecule has 0 radical (unpaired) electrons. The Bertz CT molecular complexity index is 596. The number of nitrogens with one attached hydrogen (secondary N) is 2. The minimum absolute atomic E-state index is 0.0235. The number of benzene rings is 2. The van der Waals surface area contributed by atoms with Crippen LogP contribution < -0.4 is 10.6 Å². The van der Waals surface area contributed by atoms with Crippen molar-refractivity contribution < 1.29 is 4.79 Å². The minimum atomic E-state index is -0.0235. The molecule has 0 heterocycles. The van der Waals surface area contributed by atoms with Crippen LogP contribution in [-0.4, -0.2) is 19.5 Å². The van der Waals surface area contributed by atoms with Gasteiger partial charge in [0.15, 0.2) is 0 Å². The van der Waals surface area contributed by atoms with Crippen molar-refractivity contribution in [2.75, 3.05) is 13.6 Å². The van der Waals surface area contributed by atoms with Gasteiger partial charge in [0, 0.05) is 16.6 Å². The molecule has 2 aromatic rings. The molecule has 0 saturated carbocycles. The van der Waals surface area contributed by atoms with E-state index in [9.17, 15) is 4.79 Å². The normalized spacial score (nSPS) is 10.4. The molecule has 0 aliphatic heterocycles. The molecule has 0 saturated heterocycles. The van der Waals surface area contributed by atoms with Gasteiger partial charge in [-0.1, -0.05) is 46.3 Å². The molecular weight excluding hydrogens is 328 g/mol. The summed E-state index contributed by atoms with van der Waals surface area (Å²) in [4.78, 5) is 12.3. The summed E-state index contributed by atoms with van der Waals surface area (Å²) in [6.45, 7) is 1.39. The van der Waals surface area contributed by atoms with Gasteiger partial charge in [-0.05, 0) is 49.3 Å². The van der Waals surface area contributed by atoms with Gasteiger partial charge in [-0.25, -0.2) is 0 Å². The Labute approximate surface area is 133 Å². The Kier molecular flexibility index (Phi) is 5.96. The predicted octanol–water partition coefficient (Wildman–Crippen LogP) is 3.14. The molecular formula is C17H19BrN2O. The van der Waals surface area contributed by atoms with Crippen molar-refractivity contribution in [3.8, 4) is 0 Å². The van der Waals surface area contributed by atoms with Crippen LogP contribution in [0.15, 0.2) is 53.0 Å². The second-order valence-corrected chi connectivity index (χ2v) is 5.74. The van der Waals surface area contributed by atoms with Crippen LogP contribution in [0, 0.1) is 0 Å². The molecule has 3 nitrogen and oxygen atoms in total. The van der Waals surface area contributed by atoms with Crippen LogP contribution in [0.5, 0.6) is 0 Å². The van der Waals surface area contributed by atoms with Crippen molar-refractivity contribution in [1.29, 1.82) is 0 Å². The standard InChI is InChI=1S/C17H19BrN2O/c1-19-11-10-14-4-2-3-5-16(14)17(21)20-12-13-6-8-15(18)9-7-13/h2-9,19H,10-12H2,1H3,(H,20,21). The maximum absolute atomic E-state index is 12.3. The number of hydrogen-bond donors (Lipinski definition) is 2. The van der Waals surface area contributed by atoms with Gasteiger partial charge < -0.3 is 10.6 Å². The third-order valence-electron chi connectivity index (χ3n) is 3.27. The Morgan fingerprint density at radius 2 is 1.81 bits per heavy atom. The lowest BCUT2D eigenvalue weighted by Crippen LogP contribution is -2.24. The molecule has 0 fully saturated rings. The zero-order valence-corrected chi connectivity index (χ0v) is 13.6. The Morgan fingerprint density at radius 1 is 1.10 bits per heavy atom. The fourth-order valence-electron chi connectivity index (χ4n) is 2.10. The van der Waals surface area contributed by atoms with Crippen LogP contribution in [0.3, 0.4) is 0 Å². The fourth-order valence-corrected chi connectivity index (χ4v) is 2.36. The van der Waals surface area contributed by atoms with Crippen LogP contribution in [-0.2, 0) is 13.0 Å². The lowest BCUT2D eigenvalue weighted by Gasteiger charge is -2.10. The fraction of sp³-hybridized carbons (Fsp3) is 0.235. The van der Waals surface area contributed by atoms with Gasteiger partial charge in [0.05, 0.1) is 0 Å². The third-order valence-corrected chi connectivity index (χ3v) is 3.80. The van der Waals surface area contributed by atoms with Crippen molar-refractivity contribution in [3.63, 3.8) is 0 Å². The van der Waals surface area contributed by atoms with E-state index < -0.39 is 0 Å². The van der Waals surface area contributed by atoms with Gasteiger partial charge in [0.25, 0.3) is 5.91 Å². The predicted molar refractivity (Wildman–Crippen MR) is 89.4 cm³/mol. The number of hydrogen-bond acceptors (Lipinski definition) is 2. The largest absolute Gasteiger partial charge is 0.348 e. The van der Waals surface area contributed by atoms with Crippen LogP contribution in [0.2, 0.25) is 0 Å². The Balaban J connectivity index is 2.01. The van der Waals surface area contributed by atoms with E-state index in [1.54, 1.807) is 0 Å². The average Bonchev–Trinajstić information content (AvgIpc) is 2.52. The van der Waals surface area contributed by atoms with Crippen molar-refractivity contribution in [2.24, 2.45) is 0 Å². The summed E-state index contributed by atoms with van der Waals surface area (Å²) in [6, 6.07) is 15.7. The first kappa shape index (κ1) is 15.7. The van der Waals surface area contributed by atoms with Crippen molar-refractivity contribution in [3.05, 3.63) is 69.7 Å². The molecule has 0 unspecified atom stereocenters. The molecule has 21 heavy (non-hydrogen) atoms. The summed E-state index contributed by atoms with van der Waals surface area (Å²) in [5.74, 6) is -0.0235. The molecule has 2 aromatic carbocycles. The highest BCUT2D eigenvalue weighted by molar-refractivity contribution is 9.10. The Hall–Kier alpha value is -1.65. The summed E-state index contributed by atoms with van der Waals surface area (Å²) in [6.07, 6.45) is 0.846. The highest BCUT2D eigenvalue weighted by Gasteiger charge is 2.10. The van der Waals surface area contributed by atoms with E-state index in [4.69, 9.17) is 0 Å². The number of carbonyl (C=O) groups excluding carboxylic acids is 1. The summed E-state index contributed by atoms with van der Waals surface area (Å²) in [5, 5.41) is 6.09. The summed E-state index contributed by atoms with van der Waals surface area (Å²) in [7, 11) is 1.91. The van der Waals surface area contributed by atoms with Gasteiger partial charge in [-0.15, -0.1) is 0 Å². The number of rotatable bonds is 6. The summed E-state index contributed by atoms with van der Waals surface area (Å²) in [5.41, 5.74) is 2.91. The van der Waals surface area contributed by atoms with Crippen LogP contribution >= 0.6 is 15.9 Å². The second kappa shape index (κ2) is 7.96. The van der Waals surface area contributed by atoms with E-state index in [1.807, 2.05) is 55.6 Å². The third kappa shape index (κ3) is 4.69.